The molecule has 1 saturated carbocycles. The van der Waals surface area contributed by atoms with Gasteiger partial charge in [-0.1, -0.05) is 18.6 Å². The van der Waals surface area contributed by atoms with Crippen LogP contribution in [0.5, 0.6) is 5.75 Å². The summed E-state index contributed by atoms with van der Waals surface area (Å²) in [6.45, 7) is 2.73. The second-order valence-corrected chi connectivity index (χ2v) is 5.36. The van der Waals surface area contributed by atoms with Gasteiger partial charge in [0.05, 0.1) is 12.3 Å². The highest BCUT2D eigenvalue weighted by atomic mass is 16.5. The van der Waals surface area contributed by atoms with Gasteiger partial charge in [-0.25, -0.2) is 0 Å². The molecular weight excluding hydrogens is 224 g/mol. The van der Waals surface area contributed by atoms with Crippen LogP contribution in [-0.2, 0) is 0 Å². The van der Waals surface area contributed by atoms with Gasteiger partial charge in [0.25, 0.3) is 0 Å². The average Bonchev–Trinajstić information content (AvgIpc) is 2.78. The highest BCUT2D eigenvalue weighted by Gasteiger charge is 2.33. The van der Waals surface area contributed by atoms with Gasteiger partial charge in [0, 0.05) is 12.6 Å². The molecule has 1 aliphatic carbocycles. The lowest BCUT2D eigenvalue weighted by atomic mass is 10.0. The van der Waals surface area contributed by atoms with Crippen LogP contribution in [0.25, 0.3) is 0 Å². The summed E-state index contributed by atoms with van der Waals surface area (Å²) in [6.07, 6.45) is 4.96. The maximum atomic E-state index is 5.93. The lowest BCUT2D eigenvalue weighted by Gasteiger charge is -2.34. The first-order valence-electron chi connectivity index (χ1n) is 7.08. The first-order chi connectivity index (χ1) is 8.90. The number of rotatable bonds is 2. The van der Waals surface area contributed by atoms with Crippen LogP contribution in [-0.4, -0.2) is 25.7 Å². The van der Waals surface area contributed by atoms with Crippen LogP contribution in [0.1, 0.15) is 25.7 Å². The third-order valence-corrected chi connectivity index (χ3v) is 4.30. The molecule has 3 rings (SSSR count). The Morgan fingerprint density at radius 3 is 3.00 bits per heavy atom. The maximum absolute atomic E-state index is 5.93. The number of hydrogen-bond donors (Lipinski definition) is 1. The maximum Gasteiger partial charge on any atom is 0.142 e. The molecule has 2 unspecified atom stereocenters. The lowest BCUT2D eigenvalue weighted by Crippen LogP contribution is -2.40. The smallest absolute Gasteiger partial charge is 0.142 e. The Morgan fingerprint density at radius 1 is 1.22 bits per heavy atom. The Kier molecular flexibility index (Phi) is 3.41. The standard InChI is InChI=1S/C15H22N2O/c16-11-12-5-3-7-13(12)17-9-4-10-18-15-8-2-1-6-14(15)17/h1-2,6,8,12-13H,3-5,7,9-11,16H2. The summed E-state index contributed by atoms with van der Waals surface area (Å²) in [5, 5.41) is 0. The van der Waals surface area contributed by atoms with Crippen molar-refractivity contribution in [1.29, 1.82) is 0 Å². The van der Waals surface area contributed by atoms with E-state index in [-0.39, 0.29) is 0 Å². The van der Waals surface area contributed by atoms with Crippen molar-refractivity contribution in [2.45, 2.75) is 31.7 Å². The van der Waals surface area contributed by atoms with Crippen LogP contribution < -0.4 is 15.4 Å². The van der Waals surface area contributed by atoms with Gasteiger partial charge >= 0.3 is 0 Å². The summed E-state index contributed by atoms with van der Waals surface area (Å²) in [5.41, 5.74) is 7.20. The topological polar surface area (TPSA) is 38.5 Å². The van der Waals surface area contributed by atoms with E-state index in [1.807, 2.05) is 0 Å². The number of para-hydroxylation sites is 2. The van der Waals surface area contributed by atoms with E-state index in [9.17, 15) is 0 Å². The van der Waals surface area contributed by atoms with Gasteiger partial charge in [0.2, 0.25) is 0 Å². The number of hydrogen-bond acceptors (Lipinski definition) is 3. The van der Waals surface area contributed by atoms with E-state index in [1.165, 1.54) is 24.9 Å². The molecule has 0 amide bonds. The SMILES string of the molecule is NCC1CCCC1N1CCCOc2ccccc21. The molecule has 1 aromatic rings. The monoisotopic (exact) mass is 246 g/mol. The van der Waals surface area contributed by atoms with Gasteiger partial charge < -0.3 is 15.4 Å². The minimum absolute atomic E-state index is 0.609. The van der Waals surface area contributed by atoms with Gasteiger partial charge in [-0.05, 0) is 43.9 Å². The lowest BCUT2D eigenvalue weighted by molar-refractivity contribution is 0.321. The largest absolute Gasteiger partial charge is 0.491 e. The molecular formula is C15H22N2O. The number of ether oxygens (including phenoxy) is 1. The molecule has 3 heteroatoms. The highest BCUT2D eigenvalue weighted by Crippen LogP contribution is 2.38. The molecule has 1 fully saturated rings. The summed E-state index contributed by atoms with van der Waals surface area (Å²) in [6, 6.07) is 9.04. The van der Waals surface area contributed by atoms with Crippen LogP contribution in [0.4, 0.5) is 5.69 Å². The van der Waals surface area contributed by atoms with Crippen LogP contribution in [0.2, 0.25) is 0 Å². The van der Waals surface area contributed by atoms with Crippen molar-refractivity contribution in [3.8, 4) is 5.75 Å². The minimum atomic E-state index is 0.609. The summed E-state index contributed by atoms with van der Waals surface area (Å²) in [4.78, 5) is 2.55. The second kappa shape index (κ2) is 5.19. The van der Waals surface area contributed by atoms with Crippen LogP contribution >= 0.6 is 0 Å². The van der Waals surface area contributed by atoms with Crippen molar-refractivity contribution in [3.63, 3.8) is 0 Å². The van der Waals surface area contributed by atoms with Gasteiger partial charge in [-0.15, -0.1) is 0 Å². The molecule has 0 spiro atoms. The zero-order chi connectivity index (χ0) is 12.4. The predicted molar refractivity (Wildman–Crippen MR) is 74.1 cm³/mol. The first kappa shape index (κ1) is 11.8. The molecule has 3 nitrogen and oxygen atoms in total. The van der Waals surface area contributed by atoms with E-state index >= 15 is 0 Å². The average molecular weight is 246 g/mol. The molecule has 0 bridgehead atoms. The van der Waals surface area contributed by atoms with Crippen molar-refractivity contribution >= 4 is 5.69 Å². The highest BCUT2D eigenvalue weighted by molar-refractivity contribution is 5.59. The Morgan fingerprint density at radius 2 is 2.11 bits per heavy atom. The summed E-state index contributed by atoms with van der Waals surface area (Å²) >= 11 is 0. The van der Waals surface area contributed by atoms with Crippen LogP contribution in [0, 0.1) is 5.92 Å². The Balaban J connectivity index is 1.91. The Hall–Kier alpha value is -1.22. The molecule has 2 N–H and O–H groups in total. The van der Waals surface area contributed by atoms with Gasteiger partial charge in [-0.2, -0.15) is 0 Å². The quantitative estimate of drug-likeness (QED) is 0.871. The predicted octanol–water partition coefficient (Wildman–Crippen LogP) is 2.40. The fourth-order valence-corrected chi connectivity index (χ4v) is 3.40. The number of fused-ring (bicyclic) bond motifs is 1. The molecule has 98 valence electrons. The summed E-state index contributed by atoms with van der Waals surface area (Å²) < 4.78 is 5.83. The number of nitrogens with two attached hydrogens (primary N) is 1. The molecule has 18 heavy (non-hydrogen) atoms. The number of benzene rings is 1. The normalized spacial score (nSPS) is 27.5. The molecule has 1 heterocycles. The molecule has 2 atom stereocenters. The Labute approximate surface area is 109 Å². The van der Waals surface area contributed by atoms with E-state index in [4.69, 9.17) is 10.5 Å². The third-order valence-electron chi connectivity index (χ3n) is 4.30. The van der Waals surface area contributed by atoms with Gasteiger partial charge in [-0.3, -0.25) is 0 Å². The molecule has 1 aromatic carbocycles. The molecule has 0 saturated heterocycles. The van der Waals surface area contributed by atoms with E-state index in [2.05, 4.69) is 29.2 Å². The third kappa shape index (κ3) is 2.07. The van der Waals surface area contributed by atoms with Crippen LogP contribution in [0.15, 0.2) is 24.3 Å². The minimum Gasteiger partial charge on any atom is -0.491 e. The van der Waals surface area contributed by atoms with Crippen molar-refractivity contribution in [2.75, 3.05) is 24.6 Å². The van der Waals surface area contributed by atoms with Crippen molar-refractivity contribution in [2.24, 2.45) is 11.7 Å². The first-order valence-corrected chi connectivity index (χ1v) is 7.08. The molecule has 2 aliphatic rings. The van der Waals surface area contributed by atoms with Gasteiger partial charge in [0.15, 0.2) is 0 Å². The zero-order valence-electron chi connectivity index (χ0n) is 10.8. The van der Waals surface area contributed by atoms with Crippen molar-refractivity contribution in [1.82, 2.24) is 0 Å². The van der Waals surface area contributed by atoms with E-state index in [1.54, 1.807) is 0 Å². The van der Waals surface area contributed by atoms with Crippen LogP contribution in [0.3, 0.4) is 0 Å². The number of anilines is 1. The van der Waals surface area contributed by atoms with E-state index in [0.717, 1.165) is 31.9 Å². The second-order valence-electron chi connectivity index (χ2n) is 5.36. The zero-order valence-corrected chi connectivity index (χ0v) is 10.8. The van der Waals surface area contributed by atoms with E-state index in [0.29, 0.717) is 12.0 Å². The van der Waals surface area contributed by atoms with Gasteiger partial charge in [0.1, 0.15) is 5.75 Å². The fourth-order valence-electron chi connectivity index (χ4n) is 3.40. The number of nitrogens with zero attached hydrogens (tertiary/aromatic N) is 1. The van der Waals surface area contributed by atoms with Crippen molar-refractivity contribution < 1.29 is 4.74 Å². The summed E-state index contributed by atoms with van der Waals surface area (Å²) in [5.74, 6) is 1.69. The molecule has 0 aromatic heterocycles. The molecule has 1 aliphatic heterocycles. The van der Waals surface area contributed by atoms with E-state index < -0.39 is 0 Å². The summed E-state index contributed by atoms with van der Waals surface area (Å²) in [7, 11) is 0. The fraction of sp³-hybridized carbons (Fsp3) is 0.600. The Bertz CT molecular complexity index is 407. The van der Waals surface area contributed by atoms with Crippen molar-refractivity contribution in [3.05, 3.63) is 24.3 Å². The molecule has 0 radical (unpaired) electrons.